The Labute approximate surface area is 194 Å². The lowest BCUT2D eigenvalue weighted by Crippen LogP contribution is -2.48. The molecule has 0 spiro atoms. The molecule has 0 radical (unpaired) electrons. The molecule has 6 nitrogen and oxygen atoms in total. The summed E-state index contributed by atoms with van der Waals surface area (Å²) in [7, 11) is 0. The van der Waals surface area contributed by atoms with Crippen LogP contribution in [-0.2, 0) is 4.79 Å². The summed E-state index contributed by atoms with van der Waals surface area (Å²) in [5.41, 5.74) is 0.318. The summed E-state index contributed by atoms with van der Waals surface area (Å²) in [4.78, 5) is 36.3. The molecular weight excluding hydrogens is 400 g/mol. The normalized spacial score (nSPS) is 20.8. The van der Waals surface area contributed by atoms with Crippen molar-refractivity contribution >= 4 is 17.4 Å². The third-order valence-electron chi connectivity index (χ3n) is 6.66. The van der Waals surface area contributed by atoms with Gasteiger partial charge in [-0.05, 0) is 43.4 Å². The molecule has 0 N–H and O–H groups in total. The van der Waals surface area contributed by atoms with E-state index in [1.54, 1.807) is 6.20 Å². The third-order valence-corrected chi connectivity index (χ3v) is 6.66. The average molecular weight is 443 g/mol. The lowest BCUT2D eigenvalue weighted by molar-refractivity contribution is -0.121. The summed E-state index contributed by atoms with van der Waals surface area (Å²) in [6.07, 6.45) is 4.85. The smallest absolute Gasteiger partial charge is 0.169 e. The number of rotatable bonds is 9. The molecule has 2 fully saturated rings. The molecule has 0 bridgehead atoms. The number of ketones is 2. The zero-order valence-electron chi connectivity index (χ0n) is 20.8. The number of Topliss-reactive ketones (excluding diaryl/α,β-unsaturated/α-hetero) is 2. The van der Waals surface area contributed by atoms with E-state index >= 15 is 0 Å². The Balaban J connectivity index is 1.38. The van der Waals surface area contributed by atoms with Gasteiger partial charge in [-0.2, -0.15) is 0 Å². The Morgan fingerprint density at radius 1 is 1.06 bits per heavy atom. The first kappa shape index (κ1) is 24.8. The van der Waals surface area contributed by atoms with Crippen molar-refractivity contribution in [3.63, 3.8) is 0 Å². The molecule has 0 aromatic carbocycles. The van der Waals surface area contributed by atoms with Gasteiger partial charge in [-0.15, -0.1) is 0 Å². The van der Waals surface area contributed by atoms with E-state index in [4.69, 9.17) is 0 Å². The van der Waals surface area contributed by atoms with Crippen LogP contribution in [0.5, 0.6) is 0 Å². The van der Waals surface area contributed by atoms with E-state index in [9.17, 15) is 9.59 Å². The van der Waals surface area contributed by atoms with Crippen LogP contribution in [0, 0.1) is 17.3 Å². The Hall–Kier alpha value is -1.79. The molecule has 178 valence electrons. The van der Waals surface area contributed by atoms with Crippen molar-refractivity contribution in [1.82, 2.24) is 14.8 Å². The minimum absolute atomic E-state index is 0.139. The van der Waals surface area contributed by atoms with Gasteiger partial charge in [-0.1, -0.05) is 34.6 Å². The second-order valence-electron chi connectivity index (χ2n) is 11.1. The quantitative estimate of drug-likeness (QED) is 0.543. The van der Waals surface area contributed by atoms with Crippen LogP contribution in [0.1, 0.15) is 64.2 Å². The lowest BCUT2D eigenvalue weighted by atomic mass is 9.87. The van der Waals surface area contributed by atoms with E-state index in [1.807, 2.05) is 32.9 Å². The van der Waals surface area contributed by atoms with Crippen LogP contribution in [0.25, 0.3) is 0 Å². The molecule has 2 aliphatic heterocycles. The van der Waals surface area contributed by atoms with Crippen LogP contribution < -0.4 is 4.90 Å². The van der Waals surface area contributed by atoms with E-state index in [1.165, 1.54) is 12.8 Å². The van der Waals surface area contributed by atoms with Crippen molar-refractivity contribution in [2.24, 2.45) is 17.3 Å². The molecule has 1 aromatic rings. The first-order valence-corrected chi connectivity index (χ1v) is 12.3. The van der Waals surface area contributed by atoms with Gasteiger partial charge in [0.05, 0.1) is 6.54 Å². The zero-order chi connectivity index (χ0) is 23.3. The van der Waals surface area contributed by atoms with Gasteiger partial charge in [0, 0.05) is 62.9 Å². The minimum Gasteiger partial charge on any atom is -0.356 e. The number of hydrogen-bond acceptors (Lipinski definition) is 6. The summed E-state index contributed by atoms with van der Waals surface area (Å²) < 4.78 is 0. The number of pyridine rings is 1. The topological polar surface area (TPSA) is 56.8 Å². The SMILES string of the molecule is CC(C)CC(=O)CN1CCN(CCC2CCN(c3ccc(C(=O)C(C)(C)C)cn3)C2)CC1. The summed E-state index contributed by atoms with van der Waals surface area (Å²) in [6, 6.07) is 3.93. The van der Waals surface area contributed by atoms with Gasteiger partial charge in [0.2, 0.25) is 0 Å². The first-order chi connectivity index (χ1) is 15.1. The predicted octanol–water partition coefficient (Wildman–Crippen LogP) is 3.76. The van der Waals surface area contributed by atoms with Gasteiger partial charge in [-0.25, -0.2) is 4.98 Å². The molecule has 3 heterocycles. The molecule has 2 aliphatic rings. The summed E-state index contributed by atoms with van der Waals surface area (Å²) in [5.74, 6) is 2.65. The van der Waals surface area contributed by atoms with Crippen LogP contribution in [-0.4, -0.2) is 78.7 Å². The highest BCUT2D eigenvalue weighted by molar-refractivity contribution is 5.99. The number of hydrogen-bond donors (Lipinski definition) is 0. The molecule has 0 saturated carbocycles. The maximum Gasteiger partial charge on any atom is 0.169 e. The standard InChI is InChI=1S/C26H42N4O2/c1-20(2)16-23(31)19-29-14-12-28(13-15-29)10-8-21-9-11-30(18-21)24-7-6-22(17-27-24)25(32)26(3,4)5/h6-7,17,20-21H,8-16,18-19H2,1-5H3. The summed E-state index contributed by atoms with van der Waals surface area (Å²) >= 11 is 0. The molecule has 6 heteroatoms. The van der Waals surface area contributed by atoms with Gasteiger partial charge in [0.1, 0.15) is 11.6 Å². The fraction of sp³-hybridized carbons (Fsp3) is 0.731. The van der Waals surface area contributed by atoms with E-state index in [0.717, 1.165) is 51.6 Å². The largest absolute Gasteiger partial charge is 0.356 e. The maximum atomic E-state index is 12.4. The molecule has 2 saturated heterocycles. The van der Waals surface area contributed by atoms with Gasteiger partial charge in [-0.3, -0.25) is 14.5 Å². The van der Waals surface area contributed by atoms with Crippen LogP contribution in [0.4, 0.5) is 5.82 Å². The van der Waals surface area contributed by atoms with Gasteiger partial charge in [0.15, 0.2) is 5.78 Å². The van der Waals surface area contributed by atoms with Crippen molar-refractivity contribution in [3.05, 3.63) is 23.9 Å². The number of piperazine rings is 1. The molecule has 0 aliphatic carbocycles. The predicted molar refractivity (Wildman–Crippen MR) is 130 cm³/mol. The molecule has 0 amide bonds. The van der Waals surface area contributed by atoms with Crippen molar-refractivity contribution in [1.29, 1.82) is 0 Å². The van der Waals surface area contributed by atoms with Gasteiger partial charge < -0.3 is 9.80 Å². The van der Waals surface area contributed by atoms with E-state index in [2.05, 4.69) is 33.5 Å². The second-order valence-corrected chi connectivity index (χ2v) is 11.1. The number of carbonyl (C=O) groups is 2. The number of aromatic nitrogens is 1. The van der Waals surface area contributed by atoms with E-state index in [0.29, 0.717) is 36.1 Å². The molecule has 1 atom stereocenters. The average Bonchev–Trinajstić information content (AvgIpc) is 3.20. The van der Waals surface area contributed by atoms with Crippen LogP contribution in [0.2, 0.25) is 0 Å². The zero-order valence-corrected chi connectivity index (χ0v) is 20.8. The van der Waals surface area contributed by atoms with Crippen molar-refractivity contribution in [2.75, 3.05) is 57.3 Å². The number of carbonyl (C=O) groups excluding carboxylic acids is 2. The van der Waals surface area contributed by atoms with Crippen molar-refractivity contribution < 1.29 is 9.59 Å². The Morgan fingerprint density at radius 2 is 1.75 bits per heavy atom. The van der Waals surface area contributed by atoms with E-state index in [-0.39, 0.29) is 11.2 Å². The fourth-order valence-electron chi connectivity index (χ4n) is 4.72. The van der Waals surface area contributed by atoms with Gasteiger partial charge >= 0.3 is 0 Å². The number of anilines is 1. The summed E-state index contributed by atoms with van der Waals surface area (Å²) in [5, 5.41) is 0. The fourth-order valence-corrected chi connectivity index (χ4v) is 4.72. The Kier molecular flexibility index (Phi) is 8.45. The molecule has 3 rings (SSSR count). The summed E-state index contributed by atoms with van der Waals surface area (Å²) in [6.45, 7) is 18.0. The second kappa shape index (κ2) is 10.9. The molecule has 32 heavy (non-hydrogen) atoms. The minimum atomic E-state index is -0.378. The first-order valence-electron chi connectivity index (χ1n) is 12.3. The van der Waals surface area contributed by atoms with Crippen molar-refractivity contribution in [3.8, 4) is 0 Å². The molecule has 1 unspecified atom stereocenters. The highest BCUT2D eigenvalue weighted by Crippen LogP contribution is 2.26. The van der Waals surface area contributed by atoms with Crippen molar-refractivity contribution in [2.45, 2.75) is 53.9 Å². The van der Waals surface area contributed by atoms with E-state index < -0.39 is 0 Å². The lowest BCUT2D eigenvalue weighted by Gasteiger charge is -2.34. The Morgan fingerprint density at radius 3 is 2.34 bits per heavy atom. The maximum absolute atomic E-state index is 12.4. The number of nitrogens with zero attached hydrogens (tertiary/aromatic N) is 4. The molecular formula is C26H42N4O2. The molecule has 1 aromatic heterocycles. The van der Waals surface area contributed by atoms with Crippen LogP contribution in [0.15, 0.2) is 18.3 Å². The highest BCUT2D eigenvalue weighted by Gasteiger charge is 2.27. The highest BCUT2D eigenvalue weighted by atomic mass is 16.1. The Bertz CT molecular complexity index is 761. The van der Waals surface area contributed by atoms with Crippen LogP contribution in [0.3, 0.4) is 0 Å². The van der Waals surface area contributed by atoms with Gasteiger partial charge in [0.25, 0.3) is 0 Å². The monoisotopic (exact) mass is 442 g/mol. The van der Waals surface area contributed by atoms with Crippen LogP contribution >= 0.6 is 0 Å². The third kappa shape index (κ3) is 7.11.